The van der Waals surface area contributed by atoms with E-state index < -0.39 is 11.5 Å². The lowest BCUT2D eigenvalue weighted by molar-refractivity contribution is -0.144. The lowest BCUT2D eigenvalue weighted by atomic mass is 9.96. The standard InChI is InChI=1S/C16H22N2O3/c1-16(14(19)20,13-8-9-13)17-15(21)18(2)11-10-12-6-4-3-5-7-12/h3-7,13H,8-11H2,1-2H3,(H,17,21)(H,19,20). The minimum absolute atomic E-state index is 0.0430. The molecule has 0 heterocycles. The summed E-state index contributed by atoms with van der Waals surface area (Å²) in [6.45, 7) is 2.14. The first-order chi connectivity index (χ1) is 9.93. The van der Waals surface area contributed by atoms with Crippen LogP contribution in [-0.4, -0.2) is 41.1 Å². The third-order valence-electron chi connectivity index (χ3n) is 4.13. The average Bonchev–Trinajstić information content (AvgIpc) is 3.30. The smallest absolute Gasteiger partial charge is 0.329 e. The van der Waals surface area contributed by atoms with E-state index >= 15 is 0 Å². The van der Waals surface area contributed by atoms with Gasteiger partial charge in [0.15, 0.2) is 0 Å². The van der Waals surface area contributed by atoms with Crippen LogP contribution in [0, 0.1) is 5.92 Å². The minimum atomic E-state index is -1.15. The lowest BCUT2D eigenvalue weighted by Crippen LogP contribution is -2.57. The number of carbonyl (C=O) groups is 2. The molecule has 5 nitrogen and oxygen atoms in total. The van der Waals surface area contributed by atoms with E-state index in [4.69, 9.17) is 0 Å². The van der Waals surface area contributed by atoms with Gasteiger partial charge in [0.05, 0.1) is 0 Å². The second-order valence-corrected chi connectivity index (χ2v) is 5.87. The maximum atomic E-state index is 12.2. The molecule has 1 aromatic rings. The van der Waals surface area contributed by atoms with Crippen molar-refractivity contribution in [1.82, 2.24) is 10.2 Å². The molecule has 1 aromatic carbocycles. The summed E-state index contributed by atoms with van der Waals surface area (Å²) in [5.41, 5.74) is -0.00158. The maximum Gasteiger partial charge on any atom is 0.329 e. The molecule has 0 saturated heterocycles. The molecule has 114 valence electrons. The number of aliphatic carboxylic acids is 1. The zero-order valence-electron chi connectivity index (χ0n) is 12.5. The lowest BCUT2D eigenvalue weighted by Gasteiger charge is -2.29. The number of carbonyl (C=O) groups excluding carboxylic acids is 1. The number of carboxylic acid groups (broad SMARTS) is 1. The van der Waals surface area contributed by atoms with E-state index in [1.54, 1.807) is 14.0 Å². The van der Waals surface area contributed by atoms with Crippen molar-refractivity contribution in [2.75, 3.05) is 13.6 Å². The monoisotopic (exact) mass is 290 g/mol. The van der Waals surface area contributed by atoms with Gasteiger partial charge in [0.2, 0.25) is 0 Å². The van der Waals surface area contributed by atoms with Crippen molar-refractivity contribution < 1.29 is 14.7 Å². The third kappa shape index (κ3) is 3.74. The van der Waals surface area contributed by atoms with E-state index in [1.807, 2.05) is 30.3 Å². The third-order valence-corrected chi connectivity index (χ3v) is 4.13. The average molecular weight is 290 g/mol. The fourth-order valence-electron chi connectivity index (χ4n) is 2.35. The largest absolute Gasteiger partial charge is 0.480 e. The predicted molar refractivity (Wildman–Crippen MR) is 80.1 cm³/mol. The molecule has 1 aliphatic carbocycles. The van der Waals surface area contributed by atoms with Crippen LogP contribution in [0.2, 0.25) is 0 Å². The molecule has 1 fully saturated rings. The van der Waals surface area contributed by atoms with Gasteiger partial charge in [-0.2, -0.15) is 0 Å². The molecule has 1 atom stereocenters. The summed E-state index contributed by atoms with van der Waals surface area (Å²) in [7, 11) is 1.69. The number of nitrogens with zero attached hydrogens (tertiary/aromatic N) is 1. The van der Waals surface area contributed by atoms with Crippen LogP contribution in [-0.2, 0) is 11.2 Å². The Labute approximate surface area is 125 Å². The van der Waals surface area contributed by atoms with Crippen LogP contribution < -0.4 is 5.32 Å². The highest BCUT2D eigenvalue weighted by Crippen LogP contribution is 2.39. The first kappa shape index (κ1) is 15.4. The highest BCUT2D eigenvalue weighted by molar-refractivity contribution is 5.86. The Hall–Kier alpha value is -2.04. The Balaban J connectivity index is 1.88. The second-order valence-electron chi connectivity index (χ2n) is 5.87. The predicted octanol–water partition coefficient (Wildman–Crippen LogP) is 2.12. The van der Waals surface area contributed by atoms with E-state index in [0.717, 1.165) is 24.8 Å². The van der Waals surface area contributed by atoms with E-state index in [0.29, 0.717) is 6.54 Å². The van der Waals surface area contributed by atoms with Gasteiger partial charge >= 0.3 is 12.0 Å². The minimum Gasteiger partial charge on any atom is -0.480 e. The van der Waals surface area contributed by atoms with Gasteiger partial charge in [-0.3, -0.25) is 0 Å². The molecular weight excluding hydrogens is 268 g/mol. The Bertz CT molecular complexity index is 514. The van der Waals surface area contributed by atoms with Crippen molar-refractivity contribution in [2.24, 2.45) is 5.92 Å². The number of hydrogen-bond acceptors (Lipinski definition) is 2. The Kier molecular flexibility index (Phi) is 4.50. The Morgan fingerprint density at radius 2 is 1.95 bits per heavy atom. The zero-order chi connectivity index (χ0) is 15.5. The summed E-state index contributed by atoms with van der Waals surface area (Å²) < 4.78 is 0. The van der Waals surface area contributed by atoms with Crippen LogP contribution in [0.25, 0.3) is 0 Å². The number of hydrogen-bond donors (Lipinski definition) is 2. The highest BCUT2D eigenvalue weighted by atomic mass is 16.4. The van der Waals surface area contributed by atoms with Gasteiger partial charge in [-0.25, -0.2) is 9.59 Å². The fraction of sp³-hybridized carbons (Fsp3) is 0.500. The molecule has 2 rings (SSSR count). The van der Waals surface area contributed by atoms with E-state index in [9.17, 15) is 14.7 Å². The molecule has 2 amide bonds. The van der Waals surface area contributed by atoms with E-state index in [2.05, 4.69) is 5.32 Å². The molecule has 0 radical (unpaired) electrons. The molecular formula is C16H22N2O3. The molecule has 1 saturated carbocycles. The van der Waals surface area contributed by atoms with Gasteiger partial charge < -0.3 is 15.3 Å². The summed E-state index contributed by atoms with van der Waals surface area (Å²) in [5, 5.41) is 12.0. The van der Waals surface area contributed by atoms with Crippen molar-refractivity contribution >= 4 is 12.0 Å². The second kappa shape index (κ2) is 6.16. The van der Waals surface area contributed by atoms with E-state index in [-0.39, 0.29) is 11.9 Å². The molecule has 21 heavy (non-hydrogen) atoms. The normalized spacial score (nSPS) is 16.9. The van der Waals surface area contributed by atoms with Crippen LogP contribution in [0.5, 0.6) is 0 Å². The molecule has 1 unspecified atom stereocenters. The van der Waals surface area contributed by atoms with Crippen molar-refractivity contribution in [1.29, 1.82) is 0 Å². The molecule has 0 spiro atoms. The SMILES string of the molecule is CN(CCc1ccccc1)C(=O)NC(C)(C(=O)O)C1CC1. The molecule has 1 aliphatic rings. The number of urea groups is 1. The van der Waals surface area contributed by atoms with Gasteiger partial charge in [0.25, 0.3) is 0 Å². The highest BCUT2D eigenvalue weighted by Gasteiger charge is 2.48. The van der Waals surface area contributed by atoms with Crippen molar-refractivity contribution in [3.63, 3.8) is 0 Å². The number of benzene rings is 1. The number of carboxylic acids is 1. The molecule has 5 heteroatoms. The van der Waals surface area contributed by atoms with Gasteiger partial charge in [0, 0.05) is 13.6 Å². The first-order valence-electron chi connectivity index (χ1n) is 7.24. The summed E-state index contributed by atoms with van der Waals surface area (Å²) in [5.74, 6) is -0.920. The number of amides is 2. The van der Waals surface area contributed by atoms with Gasteiger partial charge in [-0.15, -0.1) is 0 Å². The van der Waals surface area contributed by atoms with Crippen molar-refractivity contribution in [2.45, 2.75) is 31.7 Å². The summed E-state index contributed by atoms with van der Waals surface area (Å²) in [6, 6.07) is 9.57. The summed E-state index contributed by atoms with van der Waals surface area (Å²) >= 11 is 0. The Morgan fingerprint density at radius 3 is 2.48 bits per heavy atom. The molecule has 0 aromatic heterocycles. The summed E-state index contributed by atoms with van der Waals surface area (Å²) in [4.78, 5) is 25.1. The number of likely N-dealkylation sites (N-methyl/N-ethyl adjacent to an activating group) is 1. The maximum absolute atomic E-state index is 12.2. The molecule has 0 aliphatic heterocycles. The summed E-state index contributed by atoms with van der Waals surface area (Å²) in [6.07, 6.45) is 2.46. The number of nitrogens with one attached hydrogen (secondary N) is 1. The van der Waals surface area contributed by atoms with Gasteiger partial charge in [0.1, 0.15) is 5.54 Å². The van der Waals surface area contributed by atoms with Crippen LogP contribution in [0.3, 0.4) is 0 Å². The van der Waals surface area contributed by atoms with E-state index in [1.165, 1.54) is 4.90 Å². The van der Waals surface area contributed by atoms with Crippen LogP contribution in [0.4, 0.5) is 4.79 Å². The first-order valence-corrected chi connectivity index (χ1v) is 7.24. The topological polar surface area (TPSA) is 69.6 Å². The molecule has 0 bridgehead atoms. The van der Waals surface area contributed by atoms with Crippen LogP contribution in [0.15, 0.2) is 30.3 Å². The van der Waals surface area contributed by atoms with Crippen LogP contribution >= 0.6 is 0 Å². The van der Waals surface area contributed by atoms with Crippen LogP contribution in [0.1, 0.15) is 25.3 Å². The quantitative estimate of drug-likeness (QED) is 0.843. The number of rotatable bonds is 6. The fourth-order valence-corrected chi connectivity index (χ4v) is 2.35. The van der Waals surface area contributed by atoms with Crippen molar-refractivity contribution in [3.8, 4) is 0 Å². The van der Waals surface area contributed by atoms with Gasteiger partial charge in [-0.1, -0.05) is 30.3 Å². The van der Waals surface area contributed by atoms with Crippen molar-refractivity contribution in [3.05, 3.63) is 35.9 Å². The molecule has 2 N–H and O–H groups in total. The Morgan fingerprint density at radius 1 is 1.33 bits per heavy atom. The zero-order valence-corrected chi connectivity index (χ0v) is 12.5. The van der Waals surface area contributed by atoms with Gasteiger partial charge in [-0.05, 0) is 37.7 Å².